The first kappa shape index (κ1) is 20.5. The molecule has 136 valence electrons. The average molecular weight is 335 g/mol. The van der Waals surface area contributed by atoms with Crippen molar-refractivity contribution in [3.05, 3.63) is 23.8 Å². The number of aromatic hydroxyl groups is 2. The van der Waals surface area contributed by atoms with Crippen LogP contribution >= 0.6 is 0 Å². The van der Waals surface area contributed by atoms with Crippen molar-refractivity contribution < 1.29 is 15.0 Å². The molecule has 1 atom stereocenters. The van der Waals surface area contributed by atoms with Crippen LogP contribution in [0.3, 0.4) is 0 Å². The number of Topliss-reactive ketones (excluding diaryl/α,β-unsaturated/α-hetero) is 1. The molecule has 0 saturated heterocycles. The molecular weight excluding hydrogens is 302 g/mol. The second-order valence-electron chi connectivity index (χ2n) is 7.96. The molecule has 0 aliphatic rings. The first-order chi connectivity index (χ1) is 11.0. The largest absolute Gasteiger partial charge is 0.504 e. The highest BCUT2D eigenvalue weighted by Crippen LogP contribution is 2.29. The number of carbonyl (C=O) groups is 1. The number of ketones is 1. The first-order valence-electron chi connectivity index (χ1n) is 8.85. The molecule has 3 N–H and O–H groups in total. The summed E-state index contributed by atoms with van der Waals surface area (Å²) in [4.78, 5) is 13.1. The normalized spacial score (nSPS) is 13.8. The summed E-state index contributed by atoms with van der Waals surface area (Å²) in [6, 6.07) is 4.42. The van der Waals surface area contributed by atoms with Crippen LogP contribution in [-0.2, 0) is 11.2 Å². The van der Waals surface area contributed by atoms with Gasteiger partial charge in [0.05, 0.1) is 6.04 Å². The molecule has 0 spiro atoms. The van der Waals surface area contributed by atoms with Gasteiger partial charge in [-0.2, -0.15) is 0 Å². The fourth-order valence-electron chi connectivity index (χ4n) is 2.96. The number of hydrogen-bond acceptors (Lipinski definition) is 4. The molecule has 1 rings (SSSR count). The smallest absolute Gasteiger partial charge is 0.157 e. The summed E-state index contributed by atoms with van der Waals surface area (Å²) < 4.78 is 0. The van der Waals surface area contributed by atoms with Crippen LogP contribution < -0.4 is 5.32 Å². The van der Waals surface area contributed by atoms with Gasteiger partial charge < -0.3 is 15.5 Å². The minimum atomic E-state index is -0.404. The third-order valence-electron chi connectivity index (χ3n) is 4.79. The second kappa shape index (κ2) is 8.02. The molecule has 4 nitrogen and oxygen atoms in total. The zero-order valence-corrected chi connectivity index (χ0v) is 15.9. The number of rotatable bonds is 9. The van der Waals surface area contributed by atoms with Crippen LogP contribution in [0.15, 0.2) is 18.2 Å². The van der Waals surface area contributed by atoms with Crippen LogP contribution in [0.4, 0.5) is 0 Å². The van der Waals surface area contributed by atoms with E-state index < -0.39 is 5.41 Å². The van der Waals surface area contributed by atoms with Gasteiger partial charge in [0.15, 0.2) is 17.3 Å². The number of carbonyl (C=O) groups excluding carboxylic acids is 1. The fraction of sp³-hybridized carbons (Fsp3) is 0.650. The maximum atomic E-state index is 13.1. The van der Waals surface area contributed by atoms with Crippen LogP contribution in [0.2, 0.25) is 0 Å². The van der Waals surface area contributed by atoms with E-state index in [1.165, 1.54) is 12.1 Å². The number of nitrogens with one attached hydrogen (secondary N) is 1. The van der Waals surface area contributed by atoms with Gasteiger partial charge in [0.1, 0.15) is 0 Å². The Balaban J connectivity index is 3.08. The molecule has 0 radical (unpaired) electrons. The Morgan fingerprint density at radius 2 is 1.75 bits per heavy atom. The van der Waals surface area contributed by atoms with E-state index in [2.05, 4.69) is 26.1 Å². The van der Waals surface area contributed by atoms with Crippen molar-refractivity contribution in [1.29, 1.82) is 0 Å². The summed E-state index contributed by atoms with van der Waals surface area (Å²) in [5.41, 5.74) is 0.284. The predicted octanol–water partition coefficient (Wildman–Crippen LogP) is 4.18. The molecule has 0 saturated carbocycles. The van der Waals surface area contributed by atoms with Gasteiger partial charge in [-0.25, -0.2) is 0 Å². The van der Waals surface area contributed by atoms with Crippen molar-refractivity contribution in [2.75, 3.05) is 0 Å². The number of phenolic OH excluding ortho intramolecular Hbond substituents is 2. The molecular formula is C20H33NO3. The van der Waals surface area contributed by atoms with Crippen LogP contribution in [-0.4, -0.2) is 27.6 Å². The highest BCUT2D eigenvalue weighted by molar-refractivity contribution is 5.89. The first-order valence-corrected chi connectivity index (χ1v) is 8.85. The number of phenols is 2. The topological polar surface area (TPSA) is 69.6 Å². The lowest BCUT2D eigenvalue weighted by Gasteiger charge is -2.35. The maximum absolute atomic E-state index is 13.1. The van der Waals surface area contributed by atoms with Gasteiger partial charge >= 0.3 is 0 Å². The van der Waals surface area contributed by atoms with Crippen LogP contribution in [0.5, 0.6) is 11.5 Å². The summed E-state index contributed by atoms with van der Waals surface area (Å²) in [5, 5.41) is 22.7. The van der Waals surface area contributed by atoms with Crippen LogP contribution in [0, 0.1) is 5.41 Å². The molecule has 0 bridgehead atoms. The third kappa shape index (κ3) is 5.52. The van der Waals surface area contributed by atoms with Crippen molar-refractivity contribution in [3.63, 3.8) is 0 Å². The molecule has 0 fully saturated rings. The third-order valence-corrected chi connectivity index (χ3v) is 4.79. The van der Waals surface area contributed by atoms with Crippen molar-refractivity contribution in [1.82, 2.24) is 5.32 Å². The summed E-state index contributed by atoms with van der Waals surface area (Å²) >= 11 is 0. The molecule has 0 aliphatic heterocycles. The van der Waals surface area contributed by atoms with Gasteiger partial charge in [-0.15, -0.1) is 0 Å². The van der Waals surface area contributed by atoms with E-state index in [1.807, 2.05) is 20.8 Å². The highest BCUT2D eigenvalue weighted by atomic mass is 16.3. The van der Waals surface area contributed by atoms with Crippen molar-refractivity contribution in [2.45, 2.75) is 78.8 Å². The van der Waals surface area contributed by atoms with Crippen LogP contribution in [0.1, 0.15) is 66.4 Å². The van der Waals surface area contributed by atoms with Crippen molar-refractivity contribution in [3.8, 4) is 11.5 Å². The molecule has 0 amide bonds. The molecule has 4 heteroatoms. The lowest BCUT2D eigenvalue weighted by atomic mass is 9.79. The lowest BCUT2D eigenvalue weighted by Crippen LogP contribution is -2.53. The summed E-state index contributed by atoms with van der Waals surface area (Å²) in [7, 11) is 0. The second-order valence-corrected chi connectivity index (χ2v) is 7.96. The van der Waals surface area contributed by atoms with E-state index >= 15 is 0 Å². The highest BCUT2D eigenvalue weighted by Gasteiger charge is 2.35. The molecule has 1 unspecified atom stereocenters. The fourth-order valence-corrected chi connectivity index (χ4v) is 2.96. The molecule has 1 aromatic carbocycles. The summed E-state index contributed by atoms with van der Waals surface area (Å²) in [6.45, 7) is 12.3. The van der Waals surface area contributed by atoms with Crippen molar-refractivity contribution in [2.24, 2.45) is 5.41 Å². The number of hydrogen-bond donors (Lipinski definition) is 3. The van der Waals surface area contributed by atoms with E-state index in [-0.39, 0.29) is 28.9 Å². The summed E-state index contributed by atoms with van der Waals surface area (Å²) in [6.07, 6.45) is 3.28. The minimum absolute atomic E-state index is 0.141. The van der Waals surface area contributed by atoms with Gasteiger partial charge in [-0.05, 0) is 50.8 Å². The number of benzene rings is 1. The summed E-state index contributed by atoms with van der Waals surface area (Å²) in [5.74, 6) is -0.113. The minimum Gasteiger partial charge on any atom is -0.504 e. The van der Waals surface area contributed by atoms with Crippen LogP contribution in [0.25, 0.3) is 0 Å². The quantitative estimate of drug-likeness (QED) is 0.592. The van der Waals surface area contributed by atoms with E-state index in [0.717, 1.165) is 24.8 Å². The monoisotopic (exact) mass is 335 g/mol. The Hall–Kier alpha value is -1.55. The Morgan fingerprint density at radius 3 is 2.25 bits per heavy atom. The molecule has 24 heavy (non-hydrogen) atoms. The van der Waals surface area contributed by atoms with E-state index in [4.69, 9.17) is 0 Å². The van der Waals surface area contributed by atoms with E-state index in [0.29, 0.717) is 6.42 Å². The van der Waals surface area contributed by atoms with E-state index in [9.17, 15) is 15.0 Å². The zero-order chi connectivity index (χ0) is 18.5. The van der Waals surface area contributed by atoms with E-state index in [1.54, 1.807) is 6.07 Å². The zero-order valence-electron chi connectivity index (χ0n) is 15.9. The Labute approximate surface area is 146 Å². The Morgan fingerprint density at radius 1 is 1.12 bits per heavy atom. The van der Waals surface area contributed by atoms with Gasteiger partial charge in [-0.1, -0.05) is 40.2 Å². The Kier molecular flexibility index (Phi) is 6.85. The van der Waals surface area contributed by atoms with Gasteiger partial charge in [0.25, 0.3) is 0 Å². The molecule has 1 aromatic rings. The average Bonchev–Trinajstić information content (AvgIpc) is 2.49. The Bertz CT molecular complexity index is 564. The lowest BCUT2D eigenvalue weighted by molar-refractivity contribution is -0.130. The molecule has 0 aromatic heterocycles. The van der Waals surface area contributed by atoms with Gasteiger partial charge in [0, 0.05) is 11.0 Å². The maximum Gasteiger partial charge on any atom is 0.157 e. The van der Waals surface area contributed by atoms with Gasteiger partial charge in [-0.3, -0.25) is 4.79 Å². The van der Waals surface area contributed by atoms with Crippen molar-refractivity contribution >= 4 is 5.78 Å². The standard InChI is InChI=1S/C20H33NO3/c1-7-11-20(5,6)21-15(18(24)19(3,4)8-2)12-14-9-10-16(22)17(23)13-14/h9-10,13,15,21-23H,7-8,11-12H2,1-6H3. The van der Waals surface area contributed by atoms with Gasteiger partial charge in [0.2, 0.25) is 0 Å². The SMILES string of the molecule is CCCC(C)(C)NC(Cc1ccc(O)c(O)c1)C(=O)C(C)(C)CC. The predicted molar refractivity (Wildman–Crippen MR) is 98.5 cm³/mol. The molecule has 0 aliphatic carbocycles. The molecule has 0 heterocycles.